The zero-order valence-electron chi connectivity index (χ0n) is 15.4. The van der Waals surface area contributed by atoms with Crippen molar-refractivity contribution >= 4 is 17.0 Å². The first-order valence-electron chi connectivity index (χ1n) is 8.60. The highest BCUT2D eigenvalue weighted by atomic mass is 16.5. The standard InChI is InChI=1S/C18H22N6O2/c1-11-7-14-16(20-12(11)2)21-18(22-17(14)25-4)24-5-6-26-15(10-24)13-8-19-23(3)9-13/h7-9,15H,5-6,10H2,1-4H3. The van der Waals surface area contributed by atoms with Crippen molar-refractivity contribution < 1.29 is 9.47 Å². The van der Waals surface area contributed by atoms with E-state index in [1.54, 1.807) is 11.8 Å². The maximum Gasteiger partial charge on any atom is 0.230 e. The van der Waals surface area contributed by atoms with Crippen LogP contribution in [-0.4, -0.2) is 51.5 Å². The number of fused-ring (bicyclic) bond motifs is 1. The van der Waals surface area contributed by atoms with Gasteiger partial charge < -0.3 is 14.4 Å². The zero-order valence-corrected chi connectivity index (χ0v) is 15.4. The van der Waals surface area contributed by atoms with Gasteiger partial charge >= 0.3 is 0 Å². The summed E-state index contributed by atoms with van der Waals surface area (Å²) in [5.74, 6) is 1.16. The molecular weight excluding hydrogens is 332 g/mol. The van der Waals surface area contributed by atoms with Gasteiger partial charge in [0.2, 0.25) is 11.8 Å². The molecule has 136 valence electrons. The molecule has 1 fully saturated rings. The van der Waals surface area contributed by atoms with Crippen molar-refractivity contribution in [3.8, 4) is 5.88 Å². The Morgan fingerprint density at radius 1 is 1.23 bits per heavy atom. The molecule has 4 heterocycles. The van der Waals surface area contributed by atoms with E-state index in [4.69, 9.17) is 14.5 Å². The van der Waals surface area contributed by atoms with E-state index in [9.17, 15) is 0 Å². The summed E-state index contributed by atoms with van der Waals surface area (Å²) in [4.78, 5) is 16.0. The van der Waals surface area contributed by atoms with Crippen LogP contribution in [-0.2, 0) is 11.8 Å². The minimum absolute atomic E-state index is 0.0598. The van der Waals surface area contributed by atoms with E-state index in [-0.39, 0.29) is 6.10 Å². The summed E-state index contributed by atoms with van der Waals surface area (Å²) < 4.78 is 13.2. The Morgan fingerprint density at radius 3 is 2.81 bits per heavy atom. The summed E-state index contributed by atoms with van der Waals surface area (Å²) in [5.41, 5.74) is 3.75. The van der Waals surface area contributed by atoms with E-state index < -0.39 is 0 Å². The van der Waals surface area contributed by atoms with Crippen LogP contribution < -0.4 is 9.64 Å². The Bertz CT molecular complexity index is 954. The number of hydrogen-bond acceptors (Lipinski definition) is 7. The molecule has 0 bridgehead atoms. The van der Waals surface area contributed by atoms with Gasteiger partial charge in [-0.05, 0) is 25.5 Å². The molecule has 1 aliphatic rings. The van der Waals surface area contributed by atoms with Gasteiger partial charge in [0, 0.05) is 31.0 Å². The molecule has 3 aromatic rings. The van der Waals surface area contributed by atoms with Gasteiger partial charge in [-0.15, -0.1) is 0 Å². The van der Waals surface area contributed by atoms with Gasteiger partial charge in [-0.1, -0.05) is 0 Å². The number of aryl methyl sites for hydroxylation is 3. The van der Waals surface area contributed by atoms with Gasteiger partial charge in [-0.25, -0.2) is 4.98 Å². The Hall–Kier alpha value is -2.74. The highest BCUT2D eigenvalue weighted by molar-refractivity contribution is 5.82. The first-order chi connectivity index (χ1) is 12.5. The number of nitrogens with zero attached hydrogens (tertiary/aromatic N) is 6. The lowest BCUT2D eigenvalue weighted by Gasteiger charge is -2.32. The minimum atomic E-state index is -0.0598. The van der Waals surface area contributed by atoms with Crippen LogP contribution in [0, 0.1) is 13.8 Å². The van der Waals surface area contributed by atoms with Crippen LogP contribution in [0.1, 0.15) is 22.9 Å². The molecule has 1 atom stereocenters. The van der Waals surface area contributed by atoms with Crippen LogP contribution in [0.2, 0.25) is 0 Å². The zero-order chi connectivity index (χ0) is 18.3. The Morgan fingerprint density at radius 2 is 2.08 bits per heavy atom. The number of rotatable bonds is 3. The molecule has 0 amide bonds. The molecule has 8 nitrogen and oxygen atoms in total. The van der Waals surface area contributed by atoms with Crippen molar-refractivity contribution in [2.75, 3.05) is 31.7 Å². The highest BCUT2D eigenvalue weighted by Gasteiger charge is 2.26. The predicted molar refractivity (Wildman–Crippen MR) is 97.5 cm³/mol. The van der Waals surface area contributed by atoms with Gasteiger partial charge in [0.05, 0.1) is 31.8 Å². The number of pyridine rings is 1. The lowest BCUT2D eigenvalue weighted by Crippen LogP contribution is -2.39. The minimum Gasteiger partial charge on any atom is -0.480 e. The number of anilines is 1. The molecule has 3 aromatic heterocycles. The van der Waals surface area contributed by atoms with Gasteiger partial charge in [-0.2, -0.15) is 15.1 Å². The molecule has 0 radical (unpaired) electrons. The van der Waals surface area contributed by atoms with Gasteiger partial charge in [0.1, 0.15) is 6.10 Å². The third-order valence-electron chi connectivity index (χ3n) is 4.72. The Kier molecular flexibility index (Phi) is 4.20. The van der Waals surface area contributed by atoms with E-state index in [2.05, 4.69) is 20.0 Å². The van der Waals surface area contributed by atoms with Crippen LogP contribution in [0.4, 0.5) is 5.95 Å². The average molecular weight is 354 g/mol. The summed E-state index contributed by atoms with van der Waals surface area (Å²) >= 11 is 0. The lowest BCUT2D eigenvalue weighted by molar-refractivity contribution is 0.0391. The lowest BCUT2D eigenvalue weighted by atomic mass is 10.1. The number of aromatic nitrogens is 5. The summed E-state index contributed by atoms with van der Waals surface area (Å²) in [6.45, 7) is 5.98. The van der Waals surface area contributed by atoms with E-state index in [1.165, 1.54) is 0 Å². The van der Waals surface area contributed by atoms with E-state index in [0.717, 1.165) is 28.8 Å². The molecule has 1 aliphatic heterocycles. The Balaban J connectivity index is 1.70. The fourth-order valence-corrected chi connectivity index (χ4v) is 3.14. The number of morpholine rings is 1. The molecular formula is C18H22N6O2. The van der Waals surface area contributed by atoms with Gasteiger partial charge in [0.15, 0.2) is 5.65 Å². The van der Waals surface area contributed by atoms with Crippen molar-refractivity contribution in [3.05, 3.63) is 35.3 Å². The Labute approximate surface area is 151 Å². The first kappa shape index (κ1) is 16.7. The fraction of sp³-hybridized carbons (Fsp3) is 0.444. The maximum atomic E-state index is 5.91. The molecule has 8 heteroatoms. The van der Waals surface area contributed by atoms with E-state index >= 15 is 0 Å². The van der Waals surface area contributed by atoms with Crippen LogP contribution in [0.3, 0.4) is 0 Å². The molecule has 0 aromatic carbocycles. The van der Waals surface area contributed by atoms with Crippen LogP contribution in [0.5, 0.6) is 5.88 Å². The molecule has 4 rings (SSSR count). The van der Waals surface area contributed by atoms with Crippen molar-refractivity contribution in [1.29, 1.82) is 0 Å². The van der Waals surface area contributed by atoms with E-state index in [0.29, 0.717) is 30.6 Å². The quantitative estimate of drug-likeness (QED) is 0.711. The fourth-order valence-electron chi connectivity index (χ4n) is 3.14. The molecule has 0 N–H and O–H groups in total. The van der Waals surface area contributed by atoms with Crippen molar-refractivity contribution in [3.63, 3.8) is 0 Å². The number of methoxy groups -OCH3 is 1. The second-order valence-electron chi connectivity index (χ2n) is 6.55. The molecule has 0 saturated carbocycles. The van der Waals surface area contributed by atoms with Crippen LogP contribution >= 0.6 is 0 Å². The normalized spacial score (nSPS) is 17.7. The largest absolute Gasteiger partial charge is 0.480 e. The summed E-state index contributed by atoms with van der Waals surface area (Å²) in [5, 5.41) is 5.06. The monoisotopic (exact) mass is 354 g/mol. The first-order valence-corrected chi connectivity index (χ1v) is 8.60. The van der Waals surface area contributed by atoms with Crippen LogP contribution in [0.15, 0.2) is 18.5 Å². The molecule has 1 unspecified atom stereocenters. The average Bonchev–Trinajstić information content (AvgIpc) is 3.08. The predicted octanol–water partition coefficient (Wildman–Crippen LogP) is 1.96. The second kappa shape index (κ2) is 6.53. The molecule has 0 spiro atoms. The van der Waals surface area contributed by atoms with Gasteiger partial charge in [-0.3, -0.25) is 4.68 Å². The second-order valence-corrected chi connectivity index (χ2v) is 6.55. The molecule has 0 aliphatic carbocycles. The van der Waals surface area contributed by atoms with Crippen molar-refractivity contribution in [2.24, 2.45) is 7.05 Å². The highest BCUT2D eigenvalue weighted by Crippen LogP contribution is 2.29. The van der Waals surface area contributed by atoms with Gasteiger partial charge in [0.25, 0.3) is 0 Å². The molecule has 26 heavy (non-hydrogen) atoms. The topological polar surface area (TPSA) is 78.2 Å². The van der Waals surface area contributed by atoms with Crippen molar-refractivity contribution in [2.45, 2.75) is 20.0 Å². The summed E-state index contributed by atoms with van der Waals surface area (Å²) in [6.07, 6.45) is 3.75. The van der Waals surface area contributed by atoms with Crippen molar-refractivity contribution in [1.82, 2.24) is 24.7 Å². The van der Waals surface area contributed by atoms with E-state index in [1.807, 2.05) is 39.4 Å². The molecule has 1 saturated heterocycles. The third kappa shape index (κ3) is 2.96. The SMILES string of the molecule is COc1nc(N2CCOC(c3cnn(C)c3)C2)nc2nc(C)c(C)cc12. The third-order valence-corrected chi connectivity index (χ3v) is 4.72. The number of hydrogen-bond donors (Lipinski definition) is 0. The summed E-state index contributed by atoms with van der Waals surface area (Å²) in [6, 6.07) is 2.03. The summed E-state index contributed by atoms with van der Waals surface area (Å²) in [7, 11) is 3.52. The van der Waals surface area contributed by atoms with Crippen LogP contribution in [0.25, 0.3) is 11.0 Å². The number of ether oxygens (including phenoxy) is 2. The maximum absolute atomic E-state index is 5.91. The smallest absolute Gasteiger partial charge is 0.230 e.